The van der Waals surface area contributed by atoms with Crippen molar-refractivity contribution in [3.05, 3.63) is 54.8 Å². The second-order valence-corrected chi connectivity index (χ2v) is 3.71. The van der Waals surface area contributed by atoms with Crippen molar-refractivity contribution in [2.24, 2.45) is 0 Å². The third kappa shape index (κ3) is 5.21. The van der Waals surface area contributed by atoms with E-state index in [4.69, 9.17) is 9.05 Å². The lowest BCUT2D eigenvalue weighted by molar-refractivity contribution is 0.300. The van der Waals surface area contributed by atoms with Crippen LogP contribution in [0.1, 0.15) is 5.56 Å². The fourth-order valence-electron chi connectivity index (χ4n) is 0.893. The first-order chi connectivity index (χ1) is 7.33. The normalized spacial score (nSPS) is 12.5. The fourth-order valence-corrected chi connectivity index (χ4v) is 1.39. The van der Waals surface area contributed by atoms with Gasteiger partial charge in [-0.2, -0.15) is 0 Å². The first-order valence-corrected chi connectivity index (χ1v) is 5.71. The number of benzene rings is 1. The van der Waals surface area contributed by atoms with Crippen molar-refractivity contribution in [3.63, 3.8) is 0 Å². The Balaban J connectivity index is 2.33. The zero-order valence-electron chi connectivity index (χ0n) is 8.26. The number of rotatable bonds is 6. The maximum atomic E-state index is 11.0. The molecule has 1 aromatic rings. The van der Waals surface area contributed by atoms with Crippen LogP contribution in [0.4, 0.5) is 0 Å². The summed E-state index contributed by atoms with van der Waals surface area (Å²) >= 11 is 0. The van der Waals surface area contributed by atoms with Gasteiger partial charge >= 0.3 is 8.25 Å². The highest BCUT2D eigenvalue weighted by Gasteiger charge is 1.93. The molecule has 0 bridgehead atoms. The highest BCUT2D eigenvalue weighted by molar-refractivity contribution is 7.33. The molecule has 3 nitrogen and oxygen atoms in total. The molecule has 0 aliphatic rings. The van der Waals surface area contributed by atoms with Crippen molar-refractivity contribution in [3.8, 4) is 0 Å². The van der Waals surface area contributed by atoms with Gasteiger partial charge in [0.2, 0.25) is 0 Å². The predicted octanol–water partition coefficient (Wildman–Crippen LogP) is 3.27. The highest BCUT2D eigenvalue weighted by Crippen LogP contribution is 2.24. The zero-order valence-corrected chi connectivity index (χ0v) is 9.26. The molecule has 0 spiro atoms. The van der Waals surface area contributed by atoms with Crippen molar-refractivity contribution in [2.45, 2.75) is 0 Å². The molecule has 0 amide bonds. The molecule has 0 saturated carbocycles. The first-order valence-electron chi connectivity index (χ1n) is 4.49. The molecule has 0 aliphatic carbocycles. The minimum absolute atomic E-state index is 0.233. The van der Waals surface area contributed by atoms with E-state index in [2.05, 4.69) is 6.58 Å². The van der Waals surface area contributed by atoms with Gasteiger partial charge in [-0.1, -0.05) is 36.4 Å². The first kappa shape index (κ1) is 11.8. The third-order valence-corrected chi connectivity index (χ3v) is 2.27. The van der Waals surface area contributed by atoms with E-state index in [1.54, 1.807) is 6.08 Å². The van der Waals surface area contributed by atoms with E-state index in [9.17, 15) is 4.57 Å². The lowest BCUT2D eigenvalue weighted by Gasteiger charge is -1.99. The Labute approximate surface area is 90.0 Å². The Morgan fingerprint density at radius 3 is 2.73 bits per heavy atom. The maximum Gasteiger partial charge on any atom is 0.367 e. The van der Waals surface area contributed by atoms with Gasteiger partial charge in [0, 0.05) is 0 Å². The largest absolute Gasteiger partial charge is 0.434 e. The second kappa shape index (κ2) is 7.04. The van der Waals surface area contributed by atoms with Crippen LogP contribution in [0.5, 0.6) is 0 Å². The summed E-state index contributed by atoms with van der Waals surface area (Å²) in [5, 5.41) is 0. The van der Waals surface area contributed by atoms with Crippen LogP contribution in [-0.4, -0.2) is 6.61 Å². The summed E-state index contributed by atoms with van der Waals surface area (Å²) in [5.74, 6) is 0. The molecule has 0 aliphatic heterocycles. The Hall–Kier alpha value is -1.31. The monoisotopic (exact) mass is 224 g/mol. The summed E-state index contributed by atoms with van der Waals surface area (Å²) in [4.78, 5) is 0. The van der Waals surface area contributed by atoms with E-state index in [0.717, 1.165) is 5.56 Å². The molecule has 1 aromatic carbocycles. The van der Waals surface area contributed by atoms with Crippen LogP contribution in [-0.2, 0) is 13.6 Å². The molecule has 0 saturated heterocycles. The van der Waals surface area contributed by atoms with Crippen molar-refractivity contribution in [2.75, 3.05) is 6.61 Å². The smallest absolute Gasteiger partial charge is 0.367 e. The lowest BCUT2D eigenvalue weighted by Crippen LogP contribution is -1.79. The molecule has 0 N–H and O–H groups in total. The van der Waals surface area contributed by atoms with E-state index in [1.807, 2.05) is 30.3 Å². The lowest BCUT2D eigenvalue weighted by atomic mass is 10.2. The van der Waals surface area contributed by atoms with Crippen molar-refractivity contribution in [1.82, 2.24) is 0 Å². The molecular formula is C11H13O3P. The Kier molecular flexibility index (Phi) is 5.52. The topological polar surface area (TPSA) is 35.5 Å². The highest BCUT2D eigenvalue weighted by atomic mass is 31.1. The molecule has 1 atom stereocenters. The molecule has 15 heavy (non-hydrogen) atoms. The maximum absolute atomic E-state index is 11.0. The molecule has 0 heterocycles. The summed E-state index contributed by atoms with van der Waals surface area (Å²) in [5.41, 5.74) is 0.982. The van der Waals surface area contributed by atoms with Crippen molar-refractivity contribution >= 4 is 14.3 Å². The number of hydrogen-bond acceptors (Lipinski definition) is 3. The van der Waals surface area contributed by atoms with E-state index in [1.165, 1.54) is 12.3 Å². The second-order valence-electron chi connectivity index (χ2n) is 2.68. The van der Waals surface area contributed by atoms with Crippen LogP contribution in [0, 0.1) is 0 Å². The van der Waals surface area contributed by atoms with Gasteiger partial charge < -0.3 is 4.52 Å². The average molecular weight is 224 g/mol. The van der Waals surface area contributed by atoms with Gasteiger partial charge in [0.1, 0.15) is 0 Å². The van der Waals surface area contributed by atoms with E-state index >= 15 is 0 Å². The van der Waals surface area contributed by atoms with Gasteiger partial charge in [-0.3, -0.25) is 4.52 Å². The fraction of sp³-hybridized carbons (Fsp3) is 0.0909. The van der Waals surface area contributed by atoms with Gasteiger partial charge in [-0.15, -0.1) is 6.58 Å². The molecular weight excluding hydrogens is 211 g/mol. The van der Waals surface area contributed by atoms with Crippen molar-refractivity contribution < 1.29 is 13.6 Å². The van der Waals surface area contributed by atoms with Crippen LogP contribution in [0.3, 0.4) is 0 Å². The Bertz CT molecular complexity index is 346. The van der Waals surface area contributed by atoms with Crippen LogP contribution in [0.25, 0.3) is 6.08 Å². The minimum atomic E-state index is -2.43. The van der Waals surface area contributed by atoms with Gasteiger partial charge in [-0.05, 0) is 11.6 Å². The van der Waals surface area contributed by atoms with E-state index < -0.39 is 8.25 Å². The summed E-state index contributed by atoms with van der Waals surface area (Å²) < 4.78 is 20.7. The molecule has 0 aromatic heterocycles. The quantitative estimate of drug-likeness (QED) is 0.422. The van der Waals surface area contributed by atoms with Crippen LogP contribution < -0.4 is 0 Å². The molecule has 1 rings (SSSR count). The Morgan fingerprint density at radius 1 is 1.33 bits per heavy atom. The molecule has 4 heteroatoms. The molecule has 0 radical (unpaired) electrons. The zero-order chi connectivity index (χ0) is 10.9. The summed E-state index contributed by atoms with van der Waals surface area (Å²) in [6.45, 7) is 3.67. The van der Waals surface area contributed by atoms with Gasteiger partial charge in [0.05, 0.1) is 12.9 Å². The third-order valence-electron chi connectivity index (χ3n) is 1.54. The Morgan fingerprint density at radius 2 is 2.07 bits per heavy atom. The standard InChI is InChI=1S/C11H13O3P/c1-2-9-13-15(12)14-10-8-11-6-4-3-5-7-11/h2-8,10,15H,1,9H2. The van der Waals surface area contributed by atoms with Gasteiger partial charge in [0.15, 0.2) is 0 Å². The van der Waals surface area contributed by atoms with E-state index in [0.29, 0.717) is 0 Å². The van der Waals surface area contributed by atoms with E-state index in [-0.39, 0.29) is 6.61 Å². The number of hydrogen-bond donors (Lipinski definition) is 0. The van der Waals surface area contributed by atoms with Crippen LogP contribution in [0.2, 0.25) is 0 Å². The minimum Gasteiger partial charge on any atom is -0.434 e. The predicted molar refractivity (Wildman–Crippen MR) is 61.7 cm³/mol. The SMILES string of the molecule is C=CCO[PH](=O)OC=Cc1ccccc1. The van der Waals surface area contributed by atoms with Crippen LogP contribution in [0.15, 0.2) is 49.2 Å². The van der Waals surface area contributed by atoms with Gasteiger partial charge in [-0.25, -0.2) is 4.57 Å². The molecule has 0 fully saturated rings. The van der Waals surface area contributed by atoms with Crippen LogP contribution >= 0.6 is 8.25 Å². The summed E-state index contributed by atoms with van der Waals surface area (Å²) in [6, 6.07) is 9.59. The molecule has 1 unspecified atom stereocenters. The molecule has 80 valence electrons. The van der Waals surface area contributed by atoms with Crippen molar-refractivity contribution in [1.29, 1.82) is 0 Å². The summed E-state index contributed by atoms with van der Waals surface area (Å²) in [6.07, 6.45) is 4.62. The van der Waals surface area contributed by atoms with Gasteiger partial charge in [0.25, 0.3) is 0 Å². The summed E-state index contributed by atoms with van der Waals surface area (Å²) in [7, 11) is -2.43. The average Bonchev–Trinajstić information content (AvgIpc) is 2.28.